The number of nitriles is 1. The lowest BCUT2D eigenvalue weighted by Gasteiger charge is -2.13. The number of hydrogen-bond donors (Lipinski definition) is 1. The maximum Gasteiger partial charge on any atom is 0.276 e. The van der Waals surface area contributed by atoms with E-state index in [4.69, 9.17) is 0 Å². The molecule has 0 saturated heterocycles. The van der Waals surface area contributed by atoms with E-state index in [1.54, 1.807) is 0 Å². The Morgan fingerprint density at radius 1 is 1.28 bits per heavy atom. The first-order valence-corrected chi connectivity index (χ1v) is 8.22. The number of rotatable bonds is 2. The molecule has 1 N–H and O–H groups in total. The summed E-state index contributed by atoms with van der Waals surface area (Å²) in [6.45, 7) is 3.89. The van der Waals surface area contributed by atoms with Crippen molar-refractivity contribution in [1.29, 1.82) is 5.26 Å². The lowest BCUT2D eigenvalue weighted by Crippen LogP contribution is -2.22. The third kappa shape index (κ3) is 2.20. The summed E-state index contributed by atoms with van der Waals surface area (Å²) in [5, 5.41) is 12.1. The smallest absolute Gasteiger partial charge is 0.276 e. The molecule has 0 radical (unpaired) electrons. The maximum atomic E-state index is 12.9. The minimum Gasteiger partial charge on any atom is -0.295 e. The molecule has 0 saturated carbocycles. The highest BCUT2D eigenvalue weighted by Gasteiger charge is 2.23. The van der Waals surface area contributed by atoms with Crippen molar-refractivity contribution in [3.05, 3.63) is 57.0 Å². The number of carbonyl (C=O) groups excluding carboxylic acids is 1. The van der Waals surface area contributed by atoms with E-state index < -0.39 is 0 Å². The molecule has 6 nitrogen and oxygen atoms in total. The molecule has 1 aromatic carbocycles. The van der Waals surface area contributed by atoms with E-state index in [0.717, 1.165) is 16.7 Å². The van der Waals surface area contributed by atoms with Gasteiger partial charge in [0.1, 0.15) is 11.6 Å². The van der Waals surface area contributed by atoms with Gasteiger partial charge in [0.15, 0.2) is 11.4 Å². The molecular formula is C19H16N4O2. The average molecular weight is 332 g/mol. The molecule has 0 aliphatic heterocycles. The van der Waals surface area contributed by atoms with E-state index in [1.807, 2.05) is 32.0 Å². The largest absolute Gasteiger partial charge is 0.295 e. The summed E-state index contributed by atoms with van der Waals surface area (Å²) in [4.78, 5) is 29.4. The first-order chi connectivity index (χ1) is 12.0. The van der Waals surface area contributed by atoms with E-state index >= 15 is 0 Å². The third-order valence-electron chi connectivity index (χ3n) is 4.70. The van der Waals surface area contributed by atoms with Crippen molar-refractivity contribution in [2.24, 2.45) is 0 Å². The lowest BCUT2D eigenvalue weighted by atomic mass is 9.96. The Labute approximate surface area is 143 Å². The van der Waals surface area contributed by atoms with Gasteiger partial charge in [-0.15, -0.1) is 0 Å². The van der Waals surface area contributed by atoms with E-state index in [9.17, 15) is 14.9 Å². The van der Waals surface area contributed by atoms with Gasteiger partial charge in [-0.1, -0.05) is 26.0 Å². The monoisotopic (exact) mass is 332 g/mol. The molecule has 25 heavy (non-hydrogen) atoms. The van der Waals surface area contributed by atoms with Gasteiger partial charge in [0.05, 0.1) is 5.69 Å². The van der Waals surface area contributed by atoms with Gasteiger partial charge in [0.25, 0.3) is 5.56 Å². The zero-order valence-corrected chi connectivity index (χ0v) is 14.0. The normalized spacial score (nSPS) is 13.4. The van der Waals surface area contributed by atoms with E-state index in [0.29, 0.717) is 35.3 Å². The molecule has 0 fully saturated rings. The van der Waals surface area contributed by atoms with Gasteiger partial charge in [0.2, 0.25) is 0 Å². The molecule has 0 amide bonds. The van der Waals surface area contributed by atoms with E-state index in [2.05, 4.69) is 16.2 Å². The SMILES string of the molecule is CC(C)c1c(-c2ccc3c(c2)CCC3=O)nc2c(C#N)c[nH]n2c1=O. The van der Waals surface area contributed by atoms with Crippen molar-refractivity contribution >= 4 is 11.4 Å². The van der Waals surface area contributed by atoms with Crippen LogP contribution in [0.15, 0.2) is 29.2 Å². The first kappa shape index (κ1) is 15.3. The van der Waals surface area contributed by atoms with Gasteiger partial charge in [-0.25, -0.2) is 9.50 Å². The number of benzene rings is 1. The molecule has 0 unspecified atom stereocenters. The van der Waals surface area contributed by atoms with Gasteiger partial charge >= 0.3 is 0 Å². The van der Waals surface area contributed by atoms with Crippen molar-refractivity contribution < 1.29 is 4.79 Å². The Morgan fingerprint density at radius 2 is 2.08 bits per heavy atom. The fourth-order valence-electron chi connectivity index (χ4n) is 3.45. The van der Waals surface area contributed by atoms with Crippen LogP contribution < -0.4 is 5.56 Å². The Bertz CT molecular complexity index is 1130. The zero-order valence-electron chi connectivity index (χ0n) is 14.0. The van der Waals surface area contributed by atoms with Gasteiger partial charge in [0, 0.05) is 29.3 Å². The molecule has 2 heterocycles. The van der Waals surface area contributed by atoms with Crippen LogP contribution in [0.1, 0.15) is 53.2 Å². The van der Waals surface area contributed by atoms with Crippen LogP contribution in [0.5, 0.6) is 0 Å². The van der Waals surface area contributed by atoms with E-state index in [-0.39, 0.29) is 17.3 Å². The Hall–Kier alpha value is -3.20. The minimum absolute atomic E-state index is 0.0318. The highest BCUT2D eigenvalue weighted by atomic mass is 16.1. The summed E-state index contributed by atoms with van der Waals surface area (Å²) in [6, 6.07) is 7.66. The molecule has 0 atom stereocenters. The molecule has 124 valence electrons. The van der Waals surface area contributed by atoms with Gasteiger partial charge in [-0.05, 0) is 24.0 Å². The van der Waals surface area contributed by atoms with Crippen LogP contribution in [-0.4, -0.2) is 20.4 Å². The van der Waals surface area contributed by atoms with Crippen LogP contribution in [0, 0.1) is 11.3 Å². The summed E-state index contributed by atoms with van der Waals surface area (Å²) >= 11 is 0. The highest BCUT2D eigenvalue weighted by molar-refractivity contribution is 6.01. The summed E-state index contributed by atoms with van der Waals surface area (Å²) in [5.41, 5.74) is 4.18. The molecule has 4 rings (SSSR count). The Morgan fingerprint density at radius 3 is 2.80 bits per heavy atom. The Kier molecular flexibility index (Phi) is 3.32. The summed E-state index contributed by atoms with van der Waals surface area (Å²) in [7, 11) is 0. The number of Topliss-reactive ketones (excluding diaryl/α,β-unsaturated/α-hetero) is 1. The number of aromatic amines is 1. The summed E-state index contributed by atoms with van der Waals surface area (Å²) in [5.74, 6) is 0.127. The number of fused-ring (bicyclic) bond motifs is 2. The van der Waals surface area contributed by atoms with E-state index in [1.165, 1.54) is 10.7 Å². The number of H-pyrrole nitrogens is 1. The first-order valence-electron chi connectivity index (χ1n) is 8.22. The number of ketones is 1. The van der Waals surface area contributed by atoms with Crippen LogP contribution in [0.2, 0.25) is 0 Å². The van der Waals surface area contributed by atoms with Crippen LogP contribution in [0.3, 0.4) is 0 Å². The van der Waals surface area contributed by atoms with Gasteiger partial charge in [-0.3, -0.25) is 14.7 Å². The number of aryl methyl sites for hydroxylation is 1. The quantitative estimate of drug-likeness (QED) is 0.781. The minimum atomic E-state index is -0.201. The topological polar surface area (TPSA) is 91.0 Å². The van der Waals surface area contributed by atoms with Crippen molar-refractivity contribution in [2.75, 3.05) is 0 Å². The maximum absolute atomic E-state index is 12.9. The third-order valence-corrected chi connectivity index (χ3v) is 4.70. The lowest BCUT2D eigenvalue weighted by molar-refractivity contribution is 0.0994. The fraction of sp³-hybridized carbons (Fsp3) is 0.263. The molecular weight excluding hydrogens is 316 g/mol. The number of aromatic nitrogens is 3. The molecule has 0 bridgehead atoms. The number of nitrogens with one attached hydrogen (secondary N) is 1. The molecule has 1 aliphatic rings. The molecule has 0 spiro atoms. The molecule has 6 heteroatoms. The van der Waals surface area contributed by atoms with Crippen LogP contribution in [0.4, 0.5) is 0 Å². The Balaban J connectivity index is 2.04. The second kappa shape index (κ2) is 5.42. The standard InChI is InChI=1S/C19H16N4O2/c1-10(2)16-17(12-3-5-14-11(7-12)4-6-15(14)24)22-18-13(8-20)9-21-23(18)19(16)25/h3,5,7,9-10,21H,4,6H2,1-2H3. The second-order valence-electron chi connectivity index (χ2n) is 6.59. The van der Waals surface area contributed by atoms with Gasteiger partial charge < -0.3 is 0 Å². The highest BCUT2D eigenvalue weighted by Crippen LogP contribution is 2.30. The van der Waals surface area contributed by atoms with Crippen molar-refractivity contribution in [1.82, 2.24) is 14.6 Å². The predicted octanol–water partition coefficient (Wildman–Crippen LogP) is 2.81. The second-order valence-corrected chi connectivity index (χ2v) is 6.59. The predicted molar refractivity (Wildman–Crippen MR) is 92.7 cm³/mol. The number of carbonyl (C=O) groups is 1. The number of hydrogen-bond acceptors (Lipinski definition) is 4. The van der Waals surface area contributed by atoms with Gasteiger partial charge in [-0.2, -0.15) is 5.26 Å². The summed E-state index contributed by atoms with van der Waals surface area (Å²) < 4.78 is 1.31. The van der Waals surface area contributed by atoms with Crippen LogP contribution in [0.25, 0.3) is 16.9 Å². The molecule has 1 aliphatic carbocycles. The van der Waals surface area contributed by atoms with Crippen LogP contribution >= 0.6 is 0 Å². The average Bonchev–Trinajstić information content (AvgIpc) is 3.17. The number of nitrogens with zero attached hydrogens (tertiary/aromatic N) is 3. The molecule has 2 aromatic heterocycles. The van der Waals surface area contributed by atoms with Crippen molar-refractivity contribution in [3.63, 3.8) is 0 Å². The van der Waals surface area contributed by atoms with Crippen molar-refractivity contribution in [3.8, 4) is 17.3 Å². The summed E-state index contributed by atoms with van der Waals surface area (Å²) in [6.07, 6.45) is 2.73. The molecule has 3 aromatic rings. The zero-order chi connectivity index (χ0) is 17.7. The fourth-order valence-corrected chi connectivity index (χ4v) is 3.45. The van der Waals surface area contributed by atoms with Crippen LogP contribution in [-0.2, 0) is 6.42 Å². The van der Waals surface area contributed by atoms with Crippen molar-refractivity contribution in [2.45, 2.75) is 32.6 Å².